The topological polar surface area (TPSA) is 97.1 Å². The van der Waals surface area contributed by atoms with Crippen molar-refractivity contribution >= 4 is 11.8 Å². The highest BCUT2D eigenvalue weighted by molar-refractivity contribution is 5.88. The molecule has 1 heterocycles. The normalized spacial score (nSPS) is 23.5. The van der Waals surface area contributed by atoms with Crippen LogP contribution in [0.4, 0.5) is 4.39 Å². The van der Waals surface area contributed by atoms with E-state index in [2.05, 4.69) is 16.3 Å². The van der Waals surface area contributed by atoms with Crippen molar-refractivity contribution in [3.8, 4) is 5.75 Å². The van der Waals surface area contributed by atoms with Crippen LogP contribution in [0.5, 0.6) is 5.75 Å². The minimum Gasteiger partial charge on any atom is -0.497 e. The molecule has 39 heavy (non-hydrogen) atoms. The van der Waals surface area contributed by atoms with Gasteiger partial charge in [-0.2, -0.15) is 0 Å². The molecule has 2 aliphatic rings. The molecule has 0 bridgehead atoms. The van der Waals surface area contributed by atoms with E-state index in [4.69, 9.17) is 15.2 Å². The maximum absolute atomic E-state index is 13.6. The monoisotopic (exact) mass is 540 g/mol. The molecule has 2 atom stereocenters. The van der Waals surface area contributed by atoms with Crippen LogP contribution in [0.25, 0.3) is 0 Å². The molecule has 0 spiro atoms. The van der Waals surface area contributed by atoms with Gasteiger partial charge in [0.1, 0.15) is 24.2 Å². The number of hydrogen-bond acceptors (Lipinski definition) is 6. The zero-order valence-corrected chi connectivity index (χ0v) is 23.0. The lowest BCUT2D eigenvalue weighted by Crippen LogP contribution is -2.59. The summed E-state index contributed by atoms with van der Waals surface area (Å²) in [7, 11) is 3.13. The van der Waals surface area contributed by atoms with Gasteiger partial charge in [-0.25, -0.2) is 4.39 Å². The van der Waals surface area contributed by atoms with Crippen LogP contribution in [-0.2, 0) is 27.4 Å². The van der Waals surface area contributed by atoms with E-state index in [1.165, 1.54) is 19.2 Å². The van der Waals surface area contributed by atoms with Crippen molar-refractivity contribution in [1.82, 2.24) is 15.1 Å². The Morgan fingerprint density at radius 1 is 1.03 bits per heavy atom. The molecule has 2 fully saturated rings. The Labute approximate surface area is 230 Å². The van der Waals surface area contributed by atoms with Crippen molar-refractivity contribution in [3.05, 3.63) is 65.5 Å². The van der Waals surface area contributed by atoms with E-state index < -0.39 is 6.04 Å². The van der Waals surface area contributed by atoms with Crippen LogP contribution in [-0.4, -0.2) is 73.2 Å². The first kappa shape index (κ1) is 29.0. The Bertz CT molecular complexity index is 1090. The zero-order valence-electron chi connectivity index (χ0n) is 23.0. The summed E-state index contributed by atoms with van der Waals surface area (Å²) >= 11 is 0. The first-order chi connectivity index (χ1) is 18.9. The molecule has 2 aromatic carbocycles. The van der Waals surface area contributed by atoms with Gasteiger partial charge < -0.3 is 25.4 Å². The van der Waals surface area contributed by atoms with E-state index in [0.717, 1.165) is 42.6 Å². The van der Waals surface area contributed by atoms with Gasteiger partial charge in [0.25, 0.3) is 0 Å². The van der Waals surface area contributed by atoms with Gasteiger partial charge in [-0.15, -0.1) is 0 Å². The van der Waals surface area contributed by atoms with Gasteiger partial charge in [-0.05, 0) is 73.9 Å². The number of amides is 2. The Morgan fingerprint density at radius 2 is 1.74 bits per heavy atom. The van der Waals surface area contributed by atoms with E-state index in [-0.39, 0.29) is 42.4 Å². The standard InChI is InChI=1S/C30H41FN4O4/c1-38-20-29(36)35-15-14-26(17-28(35)30(37)33-25-12-10-24(32)11-13-25)34(18-21-6-8-23(31)9-7-21)19-22-4-3-5-27(16-22)39-2/h3-9,16,24-26,28H,10-15,17-20,32H2,1-2H3,(H,33,37)/t24?,25?,26?,28-/m1/s1. The number of carbonyl (C=O) groups excluding carboxylic acids is 2. The maximum Gasteiger partial charge on any atom is 0.249 e. The molecule has 0 aromatic heterocycles. The molecule has 3 N–H and O–H groups in total. The molecule has 1 saturated carbocycles. The number of nitrogens with zero attached hydrogens (tertiary/aromatic N) is 2. The minimum atomic E-state index is -0.594. The maximum atomic E-state index is 13.6. The second kappa shape index (κ2) is 13.9. The summed E-state index contributed by atoms with van der Waals surface area (Å²) in [4.78, 5) is 30.6. The molecule has 0 radical (unpaired) electrons. The molecule has 1 unspecified atom stereocenters. The summed E-state index contributed by atoms with van der Waals surface area (Å²) in [5.74, 6) is 0.203. The third-order valence-electron chi connectivity index (χ3n) is 7.92. The van der Waals surface area contributed by atoms with E-state index in [1.54, 1.807) is 24.1 Å². The molecule has 1 aliphatic heterocycles. The average Bonchev–Trinajstić information content (AvgIpc) is 2.95. The van der Waals surface area contributed by atoms with E-state index in [1.807, 2.05) is 18.2 Å². The Hall–Kier alpha value is -3.01. The Morgan fingerprint density at radius 3 is 2.44 bits per heavy atom. The highest BCUT2D eigenvalue weighted by Crippen LogP contribution is 2.27. The largest absolute Gasteiger partial charge is 0.497 e. The van der Waals surface area contributed by atoms with Crippen LogP contribution >= 0.6 is 0 Å². The highest BCUT2D eigenvalue weighted by Gasteiger charge is 2.39. The molecule has 4 rings (SSSR count). The second-order valence-corrected chi connectivity index (χ2v) is 10.7. The number of nitrogens with two attached hydrogens (primary N) is 1. The minimum absolute atomic E-state index is 0.0309. The molecular formula is C30H41FN4O4. The molecule has 212 valence electrons. The van der Waals surface area contributed by atoms with Crippen LogP contribution in [0.3, 0.4) is 0 Å². The number of halogens is 1. The summed E-state index contributed by atoms with van der Waals surface area (Å²) < 4.78 is 24.2. The smallest absolute Gasteiger partial charge is 0.249 e. The third kappa shape index (κ3) is 8.00. The third-order valence-corrected chi connectivity index (χ3v) is 7.92. The molecule has 9 heteroatoms. The van der Waals surface area contributed by atoms with Crippen molar-refractivity contribution in [1.29, 1.82) is 0 Å². The van der Waals surface area contributed by atoms with Gasteiger partial charge >= 0.3 is 0 Å². The number of piperidine rings is 1. The number of benzene rings is 2. The van der Waals surface area contributed by atoms with Gasteiger partial charge in [0.05, 0.1) is 7.11 Å². The second-order valence-electron chi connectivity index (χ2n) is 10.7. The summed E-state index contributed by atoms with van der Waals surface area (Å²) in [6.07, 6.45) is 4.68. The lowest BCUT2D eigenvalue weighted by atomic mass is 9.90. The van der Waals surface area contributed by atoms with Crippen LogP contribution < -0.4 is 15.8 Å². The Kier molecular flexibility index (Phi) is 10.3. The SMILES string of the molecule is COCC(=O)N1CCC(N(Cc2ccc(F)cc2)Cc2cccc(OC)c2)C[C@@H]1C(=O)NC1CCC(N)CC1. The number of ether oxygens (including phenoxy) is 2. The fraction of sp³-hybridized carbons (Fsp3) is 0.533. The van der Waals surface area contributed by atoms with Gasteiger partial charge in [0, 0.05) is 44.9 Å². The van der Waals surface area contributed by atoms with E-state index in [0.29, 0.717) is 32.5 Å². The van der Waals surface area contributed by atoms with E-state index in [9.17, 15) is 14.0 Å². The molecule has 2 amide bonds. The van der Waals surface area contributed by atoms with Crippen molar-refractivity contribution in [2.45, 2.75) is 75.8 Å². The first-order valence-electron chi connectivity index (χ1n) is 13.8. The average molecular weight is 541 g/mol. The number of likely N-dealkylation sites (tertiary alicyclic amines) is 1. The predicted octanol–water partition coefficient (Wildman–Crippen LogP) is 3.23. The summed E-state index contributed by atoms with van der Waals surface area (Å²) in [5.41, 5.74) is 8.12. The molecule has 1 aliphatic carbocycles. The van der Waals surface area contributed by atoms with Crippen molar-refractivity contribution in [3.63, 3.8) is 0 Å². The number of carbonyl (C=O) groups is 2. The van der Waals surface area contributed by atoms with E-state index >= 15 is 0 Å². The Balaban J connectivity index is 1.55. The number of methoxy groups -OCH3 is 2. The predicted molar refractivity (Wildman–Crippen MR) is 147 cm³/mol. The number of nitrogens with one attached hydrogen (secondary N) is 1. The van der Waals surface area contributed by atoms with Gasteiger partial charge in [-0.1, -0.05) is 24.3 Å². The fourth-order valence-corrected chi connectivity index (χ4v) is 5.74. The summed E-state index contributed by atoms with van der Waals surface area (Å²) in [6.45, 7) is 1.61. The quantitative estimate of drug-likeness (QED) is 0.480. The van der Waals surface area contributed by atoms with Crippen LogP contribution in [0.2, 0.25) is 0 Å². The zero-order chi connectivity index (χ0) is 27.8. The number of rotatable bonds is 10. The molecule has 1 saturated heterocycles. The highest BCUT2D eigenvalue weighted by atomic mass is 19.1. The van der Waals surface area contributed by atoms with Crippen molar-refractivity contribution in [2.75, 3.05) is 27.4 Å². The van der Waals surface area contributed by atoms with Gasteiger partial charge in [-0.3, -0.25) is 14.5 Å². The number of hydrogen-bond donors (Lipinski definition) is 2. The van der Waals surface area contributed by atoms with Gasteiger partial charge in [0.15, 0.2) is 0 Å². The summed E-state index contributed by atoms with van der Waals surface area (Å²) in [6, 6.07) is 14.2. The lowest BCUT2D eigenvalue weighted by molar-refractivity contribution is -0.147. The van der Waals surface area contributed by atoms with Gasteiger partial charge in [0.2, 0.25) is 11.8 Å². The van der Waals surface area contributed by atoms with Crippen molar-refractivity contribution < 1.29 is 23.5 Å². The summed E-state index contributed by atoms with van der Waals surface area (Å²) in [5, 5.41) is 3.21. The lowest BCUT2D eigenvalue weighted by Gasteiger charge is -2.43. The van der Waals surface area contributed by atoms with Crippen LogP contribution in [0.1, 0.15) is 49.7 Å². The fourth-order valence-electron chi connectivity index (χ4n) is 5.74. The molecular weight excluding hydrogens is 499 g/mol. The first-order valence-corrected chi connectivity index (χ1v) is 13.8. The van der Waals surface area contributed by atoms with Crippen LogP contribution in [0.15, 0.2) is 48.5 Å². The van der Waals surface area contributed by atoms with Crippen molar-refractivity contribution in [2.24, 2.45) is 5.73 Å². The van der Waals surface area contributed by atoms with Crippen LogP contribution in [0, 0.1) is 5.82 Å². The molecule has 2 aromatic rings. The molecule has 8 nitrogen and oxygen atoms in total.